The van der Waals surface area contributed by atoms with Crippen LogP contribution in [0.5, 0.6) is 5.88 Å². The molecule has 8 heteroatoms. The number of aromatic hydroxyl groups is 1. The fourth-order valence-corrected chi connectivity index (χ4v) is 4.92. The largest absolute Gasteiger partial charge is 0.494 e. The highest BCUT2D eigenvalue weighted by atomic mass is 32.1. The lowest BCUT2D eigenvalue weighted by molar-refractivity contribution is -0.124. The summed E-state index contributed by atoms with van der Waals surface area (Å²) < 4.78 is 15.1. The van der Waals surface area contributed by atoms with Gasteiger partial charge in [0.1, 0.15) is 5.82 Å². The number of halogens is 1. The number of nitrogens with one attached hydrogen (secondary N) is 2. The number of amides is 3. The molecule has 4 aromatic rings. The molecule has 2 aromatic carbocycles. The number of carbonyl (C=O) groups excluding carboxylic acids is 2. The van der Waals surface area contributed by atoms with Crippen LogP contribution in [0.4, 0.5) is 9.18 Å². The van der Waals surface area contributed by atoms with Gasteiger partial charge in [0.15, 0.2) is 11.4 Å². The lowest BCUT2D eigenvalue weighted by Crippen LogP contribution is -2.46. The zero-order valence-electron chi connectivity index (χ0n) is 15.6. The quantitative estimate of drug-likeness (QED) is 0.437. The molecule has 5 rings (SSSR count). The van der Waals surface area contributed by atoms with Gasteiger partial charge in [0, 0.05) is 26.7 Å². The number of imide groups is 1. The third-order valence-corrected chi connectivity index (χ3v) is 6.55. The highest BCUT2D eigenvalue weighted by Gasteiger charge is 2.49. The molecule has 3 N–H and O–H groups in total. The van der Waals surface area contributed by atoms with Gasteiger partial charge in [-0.1, -0.05) is 30.3 Å². The molecule has 0 aliphatic carbocycles. The van der Waals surface area contributed by atoms with Crippen molar-refractivity contribution >= 4 is 34.0 Å². The molecule has 1 fully saturated rings. The van der Waals surface area contributed by atoms with Gasteiger partial charge in [-0.05, 0) is 35.9 Å². The van der Waals surface area contributed by atoms with E-state index in [1.54, 1.807) is 18.3 Å². The van der Waals surface area contributed by atoms with Crippen LogP contribution >= 0.6 is 11.3 Å². The fraction of sp³-hybridized carbons (Fsp3) is 0.0909. The summed E-state index contributed by atoms with van der Waals surface area (Å²) in [6, 6.07) is 16.9. The van der Waals surface area contributed by atoms with Gasteiger partial charge in [-0.15, -0.1) is 11.3 Å². The zero-order valence-corrected chi connectivity index (χ0v) is 16.4. The normalized spacial score (nSPS) is 18.6. The molecule has 6 nitrogen and oxygen atoms in total. The van der Waals surface area contributed by atoms with E-state index in [0.717, 1.165) is 10.4 Å². The van der Waals surface area contributed by atoms with Crippen LogP contribution in [0.1, 0.15) is 4.88 Å². The number of hydrogen-bond donors (Lipinski definition) is 3. The average Bonchev–Trinajstić information content (AvgIpc) is 3.41. The van der Waals surface area contributed by atoms with E-state index >= 15 is 0 Å². The molecular weight excluding hydrogens is 405 g/mol. The maximum absolute atomic E-state index is 13.6. The molecule has 2 aromatic heterocycles. The van der Waals surface area contributed by atoms with E-state index in [-0.39, 0.29) is 12.4 Å². The van der Waals surface area contributed by atoms with Gasteiger partial charge in [0.2, 0.25) is 0 Å². The van der Waals surface area contributed by atoms with Crippen molar-refractivity contribution in [2.24, 2.45) is 0 Å². The Morgan fingerprint density at radius 1 is 1.07 bits per heavy atom. The Bertz CT molecular complexity index is 1300. The highest BCUT2D eigenvalue weighted by Crippen LogP contribution is 2.39. The summed E-state index contributed by atoms with van der Waals surface area (Å²) in [6.45, 7) is -0.0402. The summed E-state index contributed by atoms with van der Waals surface area (Å²) in [6.07, 6.45) is 1.63. The number of nitrogens with zero attached hydrogens (tertiary/aromatic N) is 1. The highest BCUT2D eigenvalue weighted by molar-refractivity contribution is 7.15. The van der Waals surface area contributed by atoms with Gasteiger partial charge < -0.3 is 15.0 Å². The summed E-state index contributed by atoms with van der Waals surface area (Å²) in [5.41, 5.74) is -0.390. The van der Waals surface area contributed by atoms with E-state index in [1.807, 2.05) is 36.4 Å². The number of rotatable bonds is 4. The molecule has 30 heavy (non-hydrogen) atoms. The maximum atomic E-state index is 13.6. The SMILES string of the molecule is O=C1NC(=O)[C@@](Cn2cc3ccc(F)cc3c2O)(c2ccc(-c3ccccc3)s2)N1. The summed E-state index contributed by atoms with van der Waals surface area (Å²) in [4.78, 5) is 26.5. The van der Waals surface area contributed by atoms with Crippen LogP contribution in [0.25, 0.3) is 21.2 Å². The lowest BCUT2D eigenvalue weighted by Gasteiger charge is -2.25. The Morgan fingerprint density at radius 2 is 1.87 bits per heavy atom. The van der Waals surface area contributed by atoms with Crippen molar-refractivity contribution in [2.45, 2.75) is 12.1 Å². The van der Waals surface area contributed by atoms with Crippen molar-refractivity contribution in [1.29, 1.82) is 0 Å². The van der Waals surface area contributed by atoms with Gasteiger partial charge >= 0.3 is 6.03 Å². The third-order valence-electron chi connectivity index (χ3n) is 5.26. The Morgan fingerprint density at radius 3 is 2.60 bits per heavy atom. The monoisotopic (exact) mass is 421 g/mol. The number of hydrogen-bond acceptors (Lipinski definition) is 4. The molecule has 150 valence electrons. The minimum absolute atomic E-state index is 0.0402. The molecule has 1 aliphatic rings. The van der Waals surface area contributed by atoms with E-state index in [9.17, 15) is 19.1 Å². The average molecular weight is 421 g/mol. The molecule has 0 bridgehead atoms. The van der Waals surface area contributed by atoms with Gasteiger partial charge in [0.25, 0.3) is 5.91 Å². The first-order valence-electron chi connectivity index (χ1n) is 9.23. The van der Waals surface area contributed by atoms with Crippen molar-refractivity contribution in [1.82, 2.24) is 15.2 Å². The van der Waals surface area contributed by atoms with Crippen LogP contribution in [0.3, 0.4) is 0 Å². The van der Waals surface area contributed by atoms with Crippen LogP contribution in [-0.2, 0) is 16.9 Å². The van der Waals surface area contributed by atoms with Crippen LogP contribution in [0, 0.1) is 5.82 Å². The fourth-order valence-electron chi connectivity index (χ4n) is 3.77. The zero-order chi connectivity index (χ0) is 20.9. The predicted molar refractivity (Wildman–Crippen MR) is 112 cm³/mol. The molecule has 3 amide bonds. The third kappa shape index (κ3) is 2.84. The smallest absolute Gasteiger partial charge is 0.322 e. The Balaban J connectivity index is 1.60. The molecule has 0 unspecified atom stereocenters. The van der Waals surface area contributed by atoms with Crippen molar-refractivity contribution in [3.8, 4) is 16.3 Å². The topological polar surface area (TPSA) is 83.4 Å². The summed E-state index contributed by atoms with van der Waals surface area (Å²) in [5.74, 6) is -1.14. The first-order valence-corrected chi connectivity index (χ1v) is 10.0. The minimum atomic E-state index is -1.39. The number of aromatic nitrogens is 1. The standard InChI is InChI=1S/C22H16FN3O3S/c23-15-7-6-14-11-26(19(27)16(14)10-15)12-22(20(28)24-21(29)25-22)18-9-8-17(30-18)13-4-2-1-3-5-13/h1-11,27H,12H2,(H2,24,25,28,29)/t22-/m1/s1. The van der Waals surface area contributed by atoms with E-state index in [4.69, 9.17) is 0 Å². The number of benzene rings is 2. The van der Waals surface area contributed by atoms with Gasteiger partial charge in [-0.2, -0.15) is 0 Å². The Hall–Kier alpha value is -3.65. The van der Waals surface area contributed by atoms with Crippen molar-refractivity contribution in [3.05, 3.63) is 77.6 Å². The van der Waals surface area contributed by atoms with Gasteiger partial charge in [-0.25, -0.2) is 9.18 Å². The van der Waals surface area contributed by atoms with Crippen LogP contribution in [0.2, 0.25) is 0 Å². The van der Waals surface area contributed by atoms with Crippen molar-refractivity contribution < 1.29 is 19.1 Å². The minimum Gasteiger partial charge on any atom is -0.494 e. The first kappa shape index (κ1) is 18.4. The second-order valence-electron chi connectivity index (χ2n) is 7.16. The van der Waals surface area contributed by atoms with Crippen LogP contribution in [0.15, 0.2) is 66.9 Å². The molecule has 0 radical (unpaired) electrons. The molecule has 3 heterocycles. The second-order valence-corrected chi connectivity index (χ2v) is 8.24. The van der Waals surface area contributed by atoms with E-state index < -0.39 is 23.3 Å². The Kier molecular flexibility index (Phi) is 4.11. The molecule has 1 atom stereocenters. The maximum Gasteiger partial charge on any atom is 0.322 e. The van der Waals surface area contributed by atoms with E-state index in [2.05, 4.69) is 10.6 Å². The van der Waals surface area contributed by atoms with Crippen molar-refractivity contribution in [3.63, 3.8) is 0 Å². The number of carbonyl (C=O) groups is 2. The molecular formula is C22H16FN3O3S. The Labute approximate surface area is 174 Å². The molecule has 0 spiro atoms. The lowest BCUT2D eigenvalue weighted by atomic mass is 9.97. The first-order chi connectivity index (χ1) is 14.5. The predicted octanol–water partition coefficient (Wildman–Crippen LogP) is 3.95. The van der Waals surface area contributed by atoms with Crippen LogP contribution < -0.4 is 10.6 Å². The number of fused-ring (bicyclic) bond motifs is 1. The molecule has 1 aliphatic heterocycles. The second kappa shape index (κ2) is 6.70. The number of urea groups is 1. The van der Waals surface area contributed by atoms with E-state index in [0.29, 0.717) is 15.6 Å². The summed E-state index contributed by atoms with van der Waals surface area (Å²) in [5, 5.41) is 16.6. The van der Waals surface area contributed by atoms with Gasteiger partial charge in [0.05, 0.1) is 6.54 Å². The number of thiophene rings is 1. The van der Waals surface area contributed by atoms with E-state index in [1.165, 1.54) is 28.0 Å². The summed E-state index contributed by atoms with van der Waals surface area (Å²) in [7, 11) is 0. The van der Waals surface area contributed by atoms with Gasteiger partial charge in [-0.3, -0.25) is 10.1 Å². The summed E-state index contributed by atoms with van der Waals surface area (Å²) >= 11 is 1.39. The molecule has 1 saturated heterocycles. The molecule has 0 saturated carbocycles. The van der Waals surface area contributed by atoms with Crippen molar-refractivity contribution in [2.75, 3.05) is 0 Å². The van der Waals surface area contributed by atoms with Crippen LogP contribution in [-0.4, -0.2) is 21.6 Å².